The average Bonchev–Trinajstić information content (AvgIpc) is 3.01. The molecule has 230 valence electrons. The molecular formula is C36H41N3O4S. The lowest BCUT2D eigenvalue weighted by atomic mass is 10.0. The number of sulfonamides is 1. The Balaban J connectivity index is 1.79. The summed E-state index contributed by atoms with van der Waals surface area (Å²) >= 11 is 0. The van der Waals surface area contributed by atoms with Gasteiger partial charge in [-0.1, -0.05) is 110 Å². The second-order valence-electron chi connectivity index (χ2n) is 11.5. The number of carbonyl (C=O) groups excluding carboxylic acids is 2. The molecule has 0 aliphatic rings. The molecule has 0 radical (unpaired) electrons. The molecule has 0 aromatic heterocycles. The summed E-state index contributed by atoms with van der Waals surface area (Å²) in [6, 6.07) is 31.6. The monoisotopic (exact) mass is 611 g/mol. The predicted molar refractivity (Wildman–Crippen MR) is 176 cm³/mol. The molecule has 0 saturated carbocycles. The number of hydrogen-bond acceptors (Lipinski definition) is 4. The van der Waals surface area contributed by atoms with E-state index in [1.165, 1.54) is 17.0 Å². The van der Waals surface area contributed by atoms with Crippen LogP contribution in [0.15, 0.2) is 114 Å². The van der Waals surface area contributed by atoms with Crippen LogP contribution in [0.3, 0.4) is 0 Å². The van der Waals surface area contributed by atoms with Crippen LogP contribution in [0.1, 0.15) is 36.1 Å². The predicted octanol–water partition coefficient (Wildman–Crippen LogP) is 5.91. The Bertz CT molecular complexity index is 1640. The highest BCUT2D eigenvalue weighted by Crippen LogP contribution is 2.25. The number of aryl methyl sites for hydroxylation is 2. The molecule has 0 fully saturated rings. The number of rotatable bonds is 13. The van der Waals surface area contributed by atoms with Gasteiger partial charge in [0.2, 0.25) is 11.8 Å². The van der Waals surface area contributed by atoms with Gasteiger partial charge in [-0.25, -0.2) is 8.42 Å². The molecule has 8 heteroatoms. The maximum atomic E-state index is 14.5. The third-order valence-corrected chi connectivity index (χ3v) is 9.11. The first-order valence-electron chi connectivity index (χ1n) is 14.9. The minimum Gasteiger partial charge on any atom is -0.354 e. The van der Waals surface area contributed by atoms with E-state index in [0.717, 1.165) is 26.6 Å². The van der Waals surface area contributed by atoms with Crippen LogP contribution in [-0.4, -0.2) is 44.3 Å². The zero-order valence-electron chi connectivity index (χ0n) is 25.8. The lowest BCUT2D eigenvalue weighted by Gasteiger charge is -2.34. The first kappa shape index (κ1) is 32.5. The molecule has 7 nitrogen and oxygen atoms in total. The normalized spacial score (nSPS) is 12.0. The second-order valence-corrected chi connectivity index (χ2v) is 13.4. The third-order valence-electron chi connectivity index (χ3n) is 7.32. The summed E-state index contributed by atoms with van der Waals surface area (Å²) in [7, 11) is -4.12. The molecule has 1 N–H and O–H groups in total. The van der Waals surface area contributed by atoms with Crippen molar-refractivity contribution in [2.24, 2.45) is 5.92 Å². The first-order chi connectivity index (χ1) is 21.0. The Morgan fingerprint density at radius 3 is 1.98 bits per heavy atom. The van der Waals surface area contributed by atoms with Crippen molar-refractivity contribution < 1.29 is 18.0 Å². The molecule has 4 aromatic rings. The molecule has 1 atom stereocenters. The third kappa shape index (κ3) is 8.57. The SMILES string of the molecule is Cc1ccc(N(CC(=O)N(Cc2cccc(C)c2)[C@H](Cc2ccccc2)C(=O)NCC(C)C)S(=O)(=O)c2ccccc2)cc1. The lowest BCUT2D eigenvalue weighted by Crippen LogP contribution is -2.53. The van der Waals surface area contributed by atoms with Gasteiger partial charge in [-0.05, 0) is 55.2 Å². The minimum atomic E-state index is -4.12. The van der Waals surface area contributed by atoms with E-state index in [9.17, 15) is 18.0 Å². The van der Waals surface area contributed by atoms with E-state index in [-0.39, 0.29) is 29.7 Å². The highest BCUT2D eigenvalue weighted by molar-refractivity contribution is 7.92. The van der Waals surface area contributed by atoms with Gasteiger partial charge in [0, 0.05) is 19.5 Å². The summed E-state index contributed by atoms with van der Waals surface area (Å²) in [5.41, 5.74) is 4.09. The van der Waals surface area contributed by atoms with Gasteiger partial charge in [-0.3, -0.25) is 13.9 Å². The summed E-state index contributed by atoms with van der Waals surface area (Å²) in [5, 5.41) is 3.02. The maximum Gasteiger partial charge on any atom is 0.264 e. The quantitative estimate of drug-likeness (QED) is 0.204. The minimum absolute atomic E-state index is 0.0779. The van der Waals surface area contributed by atoms with E-state index < -0.39 is 28.5 Å². The molecule has 44 heavy (non-hydrogen) atoms. The number of amides is 2. The van der Waals surface area contributed by atoms with Crippen molar-refractivity contribution in [3.63, 3.8) is 0 Å². The molecule has 4 rings (SSSR count). The molecule has 0 bridgehead atoms. The van der Waals surface area contributed by atoms with Gasteiger partial charge in [0.25, 0.3) is 10.0 Å². The van der Waals surface area contributed by atoms with Crippen molar-refractivity contribution in [3.05, 3.63) is 131 Å². The molecule has 0 aliphatic heterocycles. The number of nitrogens with one attached hydrogen (secondary N) is 1. The van der Waals surface area contributed by atoms with Crippen LogP contribution in [0.25, 0.3) is 0 Å². The van der Waals surface area contributed by atoms with E-state index in [1.807, 2.05) is 94.4 Å². The van der Waals surface area contributed by atoms with Gasteiger partial charge in [-0.2, -0.15) is 0 Å². The maximum absolute atomic E-state index is 14.5. The van der Waals surface area contributed by atoms with E-state index in [4.69, 9.17) is 0 Å². The zero-order valence-corrected chi connectivity index (χ0v) is 26.6. The highest BCUT2D eigenvalue weighted by atomic mass is 32.2. The fraction of sp³-hybridized carbons (Fsp3) is 0.278. The number of hydrogen-bond donors (Lipinski definition) is 1. The van der Waals surface area contributed by atoms with Crippen LogP contribution >= 0.6 is 0 Å². The van der Waals surface area contributed by atoms with Gasteiger partial charge >= 0.3 is 0 Å². The summed E-state index contributed by atoms with van der Waals surface area (Å²) in [6.07, 6.45) is 0.276. The van der Waals surface area contributed by atoms with Gasteiger partial charge in [0.15, 0.2) is 0 Å². The summed E-state index contributed by atoms with van der Waals surface area (Å²) in [5.74, 6) is -0.547. The Morgan fingerprint density at radius 1 is 0.750 bits per heavy atom. The Labute approximate surface area is 261 Å². The molecule has 0 unspecified atom stereocenters. The number of nitrogens with zero attached hydrogens (tertiary/aromatic N) is 2. The van der Waals surface area contributed by atoms with Crippen LogP contribution in [0.4, 0.5) is 5.69 Å². The lowest BCUT2D eigenvalue weighted by molar-refractivity contribution is -0.140. The second kappa shape index (κ2) is 14.8. The van der Waals surface area contributed by atoms with Gasteiger partial charge in [0.1, 0.15) is 12.6 Å². The zero-order chi connectivity index (χ0) is 31.7. The molecular weight excluding hydrogens is 570 g/mol. The van der Waals surface area contributed by atoms with Crippen molar-refractivity contribution in [3.8, 4) is 0 Å². The Hall–Kier alpha value is -4.43. The molecule has 0 saturated heterocycles. The molecule has 4 aromatic carbocycles. The topological polar surface area (TPSA) is 86.8 Å². The number of anilines is 1. The summed E-state index contributed by atoms with van der Waals surface area (Å²) in [4.78, 5) is 29.9. The molecule has 0 heterocycles. The first-order valence-corrected chi connectivity index (χ1v) is 16.3. The fourth-order valence-corrected chi connectivity index (χ4v) is 6.38. The Morgan fingerprint density at radius 2 is 1.36 bits per heavy atom. The van der Waals surface area contributed by atoms with Crippen molar-refractivity contribution in [1.29, 1.82) is 0 Å². The van der Waals surface area contributed by atoms with E-state index in [1.54, 1.807) is 30.3 Å². The largest absolute Gasteiger partial charge is 0.354 e. The van der Waals surface area contributed by atoms with Gasteiger partial charge < -0.3 is 10.2 Å². The van der Waals surface area contributed by atoms with Crippen LogP contribution in [-0.2, 0) is 32.6 Å². The standard InChI is InChI=1S/C36H41N3O4S/c1-27(2)24-37-36(41)34(23-30-13-7-5-8-14-30)38(25-31-15-11-12-29(4)22-31)35(40)26-39(32-20-18-28(3)19-21-32)44(42,43)33-16-9-6-10-17-33/h5-22,27,34H,23-26H2,1-4H3,(H,37,41)/t34-/m1/s1. The van der Waals surface area contributed by atoms with Gasteiger partial charge in [0.05, 0.1) is 10.6 Å². The molecule has 0 aliphatic carbocycles. The van der Waals surface area contributed by atoms with E-state index >= 15 is 0 Å². The van der Waals surface area contributed by atoms with E-state index in [0.29, 0.717) is 12.2 Å². The van der Waals surface area contributed by atoms with Crippen LogP contribution < -0.4 is 9.62 Å². The van der Waals surface area contributed by atoms with Gasteiger partial charge in [-0.15, -0.1) is 0 Å². The molecule has 0 spiro atoms. The van der Waals surface area contributed by atoms with Crippen molar-refractivity contribution in [2.75, 3.05) is 17.4 Å². The molecule has 2 amide bonds. The van der Waals surface area contributed by atoms with Crippen molar-refractivity contribution in [1.82, 2.24) is 10.2 Å². The Kier molecular flexibility index (Phi) is 11.0. The van der Waals surface area contributed by atoms with Crippen molar-refractivity contribution >= 4 is 27.5 Å². The van der Waals surface area contributed by atoms with Crippen molar-refractivity contribution in [2.45, 2.75) is 51.6 Å². The average molecular weight is 612 g/mol. The number of benzene rings is 4. The van der Waals surface area contributed by atoms with Crippen LogP contribution in [0, 0.1) is 19.8 Å². The highest BCUT2D eigenvalue weighted by Gasteiger charge is 2.34. The van der Waals surface area contributed by atoms with E-state index in [2.05, 4.69) is 5.32 Å². The van der Waals surface area contributed by atoms with Crippen LogP contribution in [0.2, 0.25) is 0 Å². The summed E-state index contributed by atoms with van der Waals surface area (Å²) < 4.78 is 29.2. The fourth-order valence-electron chi connectivity index (χ4n) is 4.94. The van der Waals surface area contributed by atoms with Crippen LogP contribution in [0.5, 0.6) is 0 Å². The number of carbonyl (C=O) groups is 2. The summed E-state index contributed by atoms with van der Waals surface area (Å²) in [6.45, 7) is 8.02. The smallest absolute Gasteiger partial charge is 0.264 e.